The number of aromatic nitrogens is 2. The Kier molecular flexibility index (Phi) is 1.84. The van der Waals surface area contributed by atoms with Crippen LogP contribution in [0.5, 0.6) is 0 Å². The minimum absolute atomic E-state index is 0.539. The highest BCUT2D eigenvalue weighted by atomic mass is 15.0. The first kappa shape index (κ1) is 8.65. The molecule has 2 N–H and O–H groups in total. The van der Waals surface area contributed by atoms with Gasteiger partial charge in [-0.1, -0.05) is 18.6 Å². The van der Waals surface area contributed by atoms with Gasteiger partial charge in [0.2, 0.25) is 0 Å². The van der Waals surface area contributed by atoms with Gasteiger partial charge in [0.05, 0.1) is 5.52 Å². The van der Waals surface area contributed by atoms with Gasteiger partial charge in [0, 0.05) is 11.3 Å². The lowest BCUT2D eigenvalue weighted by Gasteiger charge is -2.24. The number of benzene rings is 1. The van der Waals surface area contributed by atoms with E-state index in [1.165, 1.54) is 19.3 Å². The third-order valence-electron chi connectivity index (χ3n) is 3.12. The zero-order chi connectivity index (χ0) is 10.3. The summed E-state index contributed by atoms with van der Waals surface area (Å²) in [5.41, 5.74) is 6.89. The fourth-order valence-electron chi connectivity index (χ4n) is 1.97. The molecule has 1 saturated carbocycles. The van der Waals surface area contributed by atoms with Crippen LogP contribution in [0.15, 0.2) is 24.3 Å². The summed E-state index contributed by atoms with van der Waals surface area (Å²) in [4.78, 5) is 8.96. The number of nitrogens with zero attached hydrogens (tertiary/aromatic N) is 2. The lowest BCUT2D eigenvalue weighted by molar-refractivity contribution is 0.403. The Labute approximate surface area is 88.3 Å². The molecule has 1 aliphatic rings. The van der Waals surface area contributed by atoms with E-state index >= 15 is 0 Å². The van der Waals surface area contributed by atoms with Gasteiger partial charge in [0.25, 0.3) is 0 Å². The second-order valence-electron chi connectivity index (χ2n) is 4.11. The third kappa shape index (κ3) is 1.35. The molecule has 1 aliphatic carbocycles. The average Bonchev–Trinajstić information content (AvgIpc) is 2.15. The number of nitrogens with two attached hydrogens (primary N) is 1. The molecular weight excluding hydrogens is 186 g/mol. The van der Waals surface area contributed by atoms with Gasteiger partial charge in [-0.25, -0.2) is 9.97 Å². The molecule has 1 fully saturated rings. The van der Waals surface area contributed by atoms with Crippen LogP contribution in [-0.2, 0) is 0 Å². The molecular formula is C12H13N3. The van der Waals surface area contributed by atoms with Gasteiger partial charge >= 0.3 is 0 Å². The highest BCUT2D eigenvalue weighted by Crippen LogP contribution is 2.35. The van der Waals surface area contributed by atoms with E-state index in [9.17, 15) is 0 Å². The van der Waals surface area contributed by atoms with Crippen LogP contribution in [0.4, 0.5) is 5.82 Å². The first-order valence-electron chi connectivity index (χ1n) is 5.37. The fourth-order valence-corrected chi connectivity index (χ4v) is 1.97. The molecule has 0 amide bonds. The zero-order valence-electron chi connectivity index (χ0n) is 8.48. The number of nitrogen functional groups attached to an aromatic ring is 1. The van der Waals surface area contributed by atoms with Crippen molar-refractivity contribution in [3.05, 3.63) is 30.1 Å². The Hall–Kier alpha value is -1.64. The molecule has 1 heterocycles. The average molecular weight is 199 g/mol. The minimum atomic E-state index is 0.539. The van der Waals surface area contributed by atoms with Crippen molar-refractivity contribution in [3.8, 4) is 0 Å². The molecule has 15 heavy (non-hydrogen) atoms. The van der Waals surface area contributed by atoms with Crippen LogP contribution < -0.4 is 5.73 Å². The summed E-state index contributed by atoms with van der Waals surface area (Å²) in [7, 11) is 0. The number of fused-ring (bicyclic) bond motifs is 1. The molecule has 2 aromatic rings. The van der Waals surface area contributed by atoms with Crippen molar-refractivity contribution >= 4 is 16.7 Å². The van der Waals surface area contributed by atoms with E-state index in [2.05, 4.69) is 9.97 Å². The Morgan fingerprint density at radius 2 is 1.93 bits per heavy atom. The second-order valence-corrected chi connectivity index (χ2v) is 4.11. The van der Waals surface area contributed by atoms with E-state index in [1.807, 2.05) is 24.3 Å². The van der Waals surface area contributed by atoms with E-state index in [-0.39, 0.29) is 0 Å². The van der Waals surface area contributed by atoms with Crippen LogP contribution in [-0.4, -0.2) is 9.97 Å². The van der Waals surface area contributed by atoms with Gasteiger partial charge in [0.15, 0.2) is 0 Å². The van der Waals surface area contributed by atoms with Gasteiger partial charge < -0.3 is 5.73 Å². The SMILES string of the molecule is Nc1nc(C2CCC2)nc2ccccc12. The number of hydrogen-bond donors (Lipinski definition) is 1. The standard InChI is InChI=1S/C12H13N3/c13-11-9-6-1-2-7-10(9)14-12(15-11)8-4-3-5-8/h1-2,6-8H,3-5H2,(H2,13,14,15). The van der Waals surface area contributed by atoms with Crippen molar-refractivity contribution in [1.82, 2.24) is 9.97 Å². The highest BCUT2D eigenvalue weighted by molar-refractivity contribution is 5.87. The van der Waals surface area contributed by atoms with E-state index in [0.717, 1.165) is 16.7 Å². The summed E-state index contributed by atoms with van der Waals surface area (Å²) >= 11 is 0. The number of rotatable bonds is 1. The molecule has 3 nitrogen and oxygen atoms in total. The molecule has 0 atom stereocenters. The van der Waals surface area contributed by atoms with E-state index in [4.69, 9.17) is 5.73 Å². The maximum Gasteiger partial charge on any atom is 0.135 e. The summed E-state index contributed by atoms with van der Waals surface area (Å²) in [6.45, 7) is 0. The van der Waals surface area contributed by atoms with Crippen LogP contribution in [0.25, 0.3) is 10.9 Å². The Balaban J connectivity index is 2.18. The van der Waals surface area contributed by atoms with E-state index < -0.39 is 0 Å². The van der Waals surface area contributed by atoms with Crippen molar-refractivity contribution in [1.29, 1.82) is 0 Å². The van der Waals surface area contributed by atoms with Crippen molar-refractivity contribution in [2.45, 2.75) is 25.2 Å². The predicted molar refractivity (Wildman–Crippen MR) is 60.5 cm³/mol. The van der Waals surface area contributed by atoms with Gasteiger partial charge in [-0.2, -0.15) is 0 Å². The lowest BCUT2D eigenvalue weighted by atomic mass is 9.85. The first-order valence-corrected chi connectivity index (χ1v) is 5.37. The molecule has 0 radical (unpaired) electrons. The summed E-state index contributed by atoms with van der Waals surface area (Å²) in [6, 6.07) is 7.91. The Morgan fingerprint density at radius 1 is 1.13 bits per heavy atom. The summed E-state index contributed by atoms with van der Waals surface area (Å²) in [6.07, 6.45) is 3.70. The Morgan fingerprint density at radius 3 is 2.67 bits per heavy atom. The maximum absolute atomic E-state index is 5.92. The predicted octanol–water partition coefficient (Wildman–Crippen LogP) is 2.48. The summed E-state index contributed by atoms with van der Waals surface area (Å²) < 4.78 is 0. The first-order chi connectivity index (χ1) is 7.34. The van der Waals surface area contributed by atoms with Gasteiger partial charge in [0.1, 0.15) is 11.6 Å². The smallest absolute Gasteiger partial charge is 0.135 e. The van der Waals surface area contributed by atoms with Crippen LogP contribution in [0.2, 0.25) is 0 Å². The molecule has 0 bridgehead atoms. The van der Waals surface area contributed by atoms with Gasteiger partial charge in [-0.05, 0) is 25.0 Å². The topological polar surface area (TPSA) is 51.8 Å². The zero-order valence-corrected chi connectivity index (χ0v) is 8.48. The molecule has 0 saturated heterocycles. The van der Waals surface area contributed by atoms with Crippen molar-refractivity contribution < 1.29 is 0 Å². The van der Waals surface area contributed by atoms with Crippen molar-refractivity contribution in [3.63, 3.8) is 0 Å². The second kappa shape index (κ2) is 3.19. The van der Waals surface area contributed by atoms with Crippen LogP contribution in [0.1, 0.15) is 31.0 Å². The molecule has 0 aliphatic heterocycles. The van der Waals surface area contributed by atoms with E-state index in [1.54, 1.807) is 0 Å². The lowest BCUT2D eigenvalue weighted by Crippen LogP contribution is -2.13. The monoisotopic (exact) mass is 199 g/mol. The quantitative estimate of drug-likeness (QED) is 0.767. The largest absolute Gasteiger partial charge is 0.383 e. The molecule has 1 aromatic carbocycles. The van der Waals surface area contributed by atoms with Crippen molar-refractivity contribution in [2.75, 3.05) is 5.73 Å². The highest BCUT2D eigenvalue weighted by Gasteiger charge is 2.22. The summed E-state index contributed by atoms with van der Waals surface area (Å²) in [5, 5.41) is 0.959. The van der Waals surface area contributed by atoms with Crippen molar-refractivity contribution in [2.24, 2.45) is 0 Å². The molecule has 3 heteroatoms. The van der Waals surface area contributed by atoms with Crippen LogP contribution in [0, 0.1) is 0 Å². The molecule has 0 unspecified atom stereocenters. The third-order valence-corrected chi connectivity index (χ3v) is 3.12. The summed E-state index contributed by atoms with van der Waals surface area (Å²) in [5.74, 6) is 2.08. The normalized spacial score (nSPS) is 16.5. The maximum atomic E-state index is 5.92. The van der Waals surface area contributed by atoms with Crippen LogP contribution >= 0.6 is 0 Å². The number of hydrogen-bond acceptors (Lipinski definition) is 3. The minimum Gasteiger partial charge on any atom is -0.383 e. The Bertz CT molecular complexity index is 503. The van der Waals surface area contributed by atoms with E-state index in [0.29, 0.717) is 11.7 Å². The molecule has 3 rings (SSSR count). The number of anilines is 1. The number of para-hydroxylation sites is 1. The fraction of sp³-hybridized carbons (Fsp3) is 0.333. The van der Waals surface area contributed by atoms with Gasteiger partial charge in [-0.15, -0.1) is 0 Å². The molecule has 1 aromatic heterocycles. The molecule has 76 valence electrons. The molecule has 0 spiro atoms. The van der Waals surface area contributed by atoms with Crippen LogP contribution in [0.3, 0.4) is 0 Å². The van der Waals surface area contributed by atoms with Gasteiger partial charge in [-0.3, -0.25) is 0 Å².